The molecule has 0 aliphatic carbocycles. The van der Waals surface area contributed by atoms with Crippen LogP contribution in [0.1, 0.15) is 52.9 Å². The molecule has 0 saturated heterocycles. The zero-order valence-corrected chi connectivity index (χ0v) is 15.6. The number of unbranched alkanes of at least 4 members (excludes halogenated alkanes) is 2. The topological polar surface area (TPSA) is 32.3 Å². The number of nitrogens with one attached hydrogen (secondary N) is 1. The van der Waals surface area contributed by atoms with Crippen LogP contribution in [0, 0.1) is 11.3 Å². The molecular weight excluding hydrogens is 266 g/mol. The summed E-state index contributed by atoms with van der Waals surface area (Å²) < 4.78 is 0. The van der Waals surface area contributed by atoms with Crippen molar-refractivity contribution in [2.24, 2.45) is 11.3 Å². The third kappa shape index (κ3) is 14.7. The SMILES string of the molecule is CC(C)(C)CNCCCCCC(CCO)CS(C)(C)C. The first-order valence-electron chi connectivity index (χ1n) is 8.12. The van der Waals surface area contributed by atoms with Crippen LogP contribution in [0.2, 0.25) is 0 Å². The summed E-state index contributed by atoms with van der Waals surface area (Å²) in [6, 6.07) is 0. The van der Waals surface area contributed by atoms with Crippen LogP contribution >= 0.6 is 10.0 Å². The Balaban J connectivity index is 3.64. The van der Waals surface area contributed by atoms with Crippen LogP contribution in [0.4, 0.5) is 0 Å². The summed E-state index contributed by atoms with van der Waals surface area (Å²) in [5.41, 5.74) is 0.391. The lowest BCUT2D eigenvalue weighted by atomic mass is 9.97. The largest absolute Gasteiger partial charge is 0.396 e. The number of aliphatic hydroxyl groups excluding tert-OH is 1. The van der Waals surface area contributed by atoms with Gasteiger partial charge in [-0.25, -0.2) is 10.0 Å². The molecule has 0 radical (unpaired) electrons. The van der Waals surface area contributed by atoms with E-state index in [0.717, 1.165) is 25.4 Å². The fourth-order valence-corrected chi connectivity index (χ4v) is 4.27. The predicted molar refractivity (Wildman–Crippen MR) is 96.2 cm³/mol. The Morgan fingerprint density at radius 2 is 1.65 bits per heavy atom. The number of hydrogen-bond acceptors (Lipinski definition) is 2. The van der Waals surface area contributed by atoms with Crippen LogP contribution in [-0.2, 0) is 0 Å². The van der Waals surface area contributed by atoms with Crippen LogP contribution < -0.4 is 5.32 Å². The average Bonchev–Trinajstić information content (AvgIpc) is 2.24. The summed E-state index contributed by atoms with van der Waals surface area (Å²) in [6.07, 6.45) is 13.4. The summed E-state index contributed by atoms with van der Waals surface area (Å²) in [7, 11) is -0.437. The van der Waals surface area contributed by atoms with Gasteiger partial charge >= 0.3 is 0 Å². The highest BCUT2D eigenvalue weighted by molar-refractivity contribution is 8.32. The van der Waals surface area contributed by atoms with Crippen molar-refractivity contribution < 1.29 is 5.11 Å². The molecule has 1 unspecified atom stereocenters. The van der Waals surface area contributed by atoms with Gasteiger partial charge in [-0.05, 0) is 68.2 Å². The number of hydrogen-bond donors (Lipinski definition) is 2. The Kier molecular flexibility index (Phi) is 10.2. The van der Waals surface area contributed by atoms with Crippen molar-refractivity contribution in [2.45, 2.75) is 52.9 Å². The van der Waals surface area contributed by atoms with Gasteiger partial charge in [-0.1, -0.05) is 33.6 Å². The van der Waals surface area contributed by atoms with Gasteiger partial charge in [0.15, 0.2) is 0 Å². The van der Waals surface area contributed by atoms with E-state index in [-0.39, 0.29) is 0 Å². The van der Waals surface area contributed by atoms with Gasteiger partial charge in [-0.2, -0.15) is 0 Å². The van der Waals surface area contributed by atoms with E-state index in [1.54, 1.807) is 0 Å². The van der Waals surface area contributed by atoms with Crippen molar-refractivity contribution in [3.63, 3.8) is 0 Å². The van der Waals surface area contributed by atoms with Crippen LogP contribution in [-0.4, -0.2) is 49.3 Å². The van der Waals surface area contributed by atoms with Crippen molar-refractivity contribution >= 4 is 10.0 Å². The van der Waals surface area contributed by atoms with Gasteiger partial charge in [0, 0.05) is 6.61 Å². The molecule has 0 aromatic rings. The molecule has 2 nitrogen and oxygen atoms in total. The molecule has 3 heteroatoms. The maximum absolute atomic E-state index is 9.18. The number of aliphatic hydroxyl groups is 1. The molecule has 124 valence electrons. The summed E-state index contributed by atoms with van der Waals surface area (Å²) in [4.78, 5) is 0. The lowest BCUT2D eigenvalue weighted by molar-refractivity contribution is 0.258. The molecule has 0 bridgehead atoms. The van der Waals surface area contributed by atoms with Gasteiger partial charge in [0.25, 0.3) is 0 Å². The van der Waals surface area contributed by atoms with E-state index in [1.807, 2.05) is 0 Å². The minimum Gasteiger partial charge on any atom is -0.396 e. The molecule has 0 rings (SSSR count). The Morgan fingerprint density at radius 1 is 1.00 bits per heavy atom. The highest BCUT2D eigenvalue weighted by Gasteiger charge is 2.14. The molecule has 20 heavy (non-hydrogen) atoms. The third-order valence-corrected chi connectivity index (χ3v) is 4.87. The quantitative estimate of drug-likeness (QED) is 0.568. The summed E-state index contributed by atoms with van der Waals surface area (Å²) in [6.45, 7) is 9.42. The molecule has 0 aromatic heterocycles. The molecule has 0 aliphatic heterocycles. The fraction of sp³-hybridized carbons (Fsp3) is 1.00. The van der Waals surface area contributed by atoms with Crippen LogP contribution in [0.25, 0.3) is 0 Å². The van der Waals surface area contributed by atoms with Crippen molar-refractivity contribution in [1.29, 1.82) is 0 Å². The maximum atomic E-state index is 9.18. The molecule has 0 saturated carbocycles. The summed E-state index contributed by atoms with van der Waals surface area (Å²) >= 11 is 0. The van der Waals surface area contributed by atoms with E-state index in [1.165, 1.54) is 31.4 Å². The van der Waals surface area contributed by atoms with Gasteiger partial charge in [-0.3, -0.25) is 0 Å². The zero-order valence-electron chi connectivity index (χ0n) is 14.8. The zero-order chi connectivity index (χ0) is 15.6. The minimum absolute atomic E-state index is 0.354. The van der Waals surface area contributed by atoms with Gasteiger partial charge in [0.1, 0.15) is 0 Å². The van der Waals surface area contributed by atoms with Crippen molar-refractivity contribution in [1.82, 2.24) is 5.32 Å². The normalized spacial score (nSPS) is 15.3. The molecule has 2 N–H and O–H groups in total. The highest BCUT2D eigenvalue weighted by Crippen LogP contribution is 2.39. The molecule has 0 aromatic carbocycles. The first-order chi connectivity index (χ1) is 9.14. The van der Waals surface area contributed by atoms with Crippen molar-refractivity contribution in [3.05, 3.63) is 0 Å². The monoisotopic (exact) mass is 305 g/mol. The molecule has 0 fully saturated rings. The average molecular weight is 306 g/mol. The van der Waals surface area contributed by atoms with E-state index in [4.69, 9.17) is 0 Å². The maximum Gasteiger partial charge on any atom is 0.0433 e. The Bertz CT molecular complexity index is 230. The molecule has 0 heterocycles. The van der Waals surface area contributed by atoms with Gasteiger partial charge in [0.05, 0.1) is 0 Å². The smallest absolute Gasteiger partial charge is 0.0433 e. The molecule has 1 atom stereocenters. The standard InChI is InChI=1S/C17H39NOS/c1-17(2,3)15-18-12-9-7-8-10-16(11-13-19)14-20(4,5)6/h16,18-19H,7-15H2,1-6H3. The second kappa shape index (κ2) is 10.1. The Morgan fingerprint density at radius 3 is 2.15 bits per heavy atom. The lowest BCUT2D eigenvalue weighted by Crippen LogP contribution is -2.27. The minimum atomic E-state index is -0.437. The van der Waals surface area contributed by atoms with Gasteiger partial charge < -0.3 is 10.4 Å². The lowest BCUT2D eigenvalue weighted by Gasteiger charge is -2.30. The Labute approximate surface area is 129 Å². The van der Waals surface area contributed by atoms with Gasteiger partial charge in [-0.15, -0.1) is 0 Å². The molecule has 0 aliphatic rings. The third-order valence-electron chi connectivity index (χ3n) is 3.39. The molecule has 0 amide bonds. The molecular formula is C17H39NOS. The van der Waals surface area contributed by atoms with E-state index < -0.39 is 10.0 Å². The summed E-state index contributed by atoms with van der Waals surface area (Å²) in [5.74, 6) is 2.05. The van der Waals surface area contributed by atoms with Crippen LogP contribution in [0.5, 0.6) is 0 Å². The van der Waals surface area contributed by atoms with E-state index in [2.05, 4.69) is 44.9 Å². The highest BCUT2D eigenvalue weighted by atomic mass is 32.3. The van der Waals surface area contributed by atoms with Crippen LogP contribution in [0.3, 0.4) is 0 Å². The van der Waals surface area contributed by atoms with Gasteiger partial charge in [0.2, 0.25) is 0 Å². The van der Waals surface area contributed by atoms with E-state index in [0.29, 0.717) is 12.0 Å². The fourth-order valence-electron chi connectivity index (χ4n) is 2.52. The molecule has 0 spiro atoms. The van der Waals surface area contributed by atoms with Crippen LogP contribution in [0.15, 0.2) is 0 Å². The predicted octanol–water partition coefficient (Wildman–Crippen LogP) is 3.88. The van der Waals surface area contributed by atoms with Crippen molar-refractivity contribution in [2.75, 3.05) is 44.2 Å². The first kappa shape index (κ1) is 20.3. The van der Waals surface area contributed by atoms with E-state index >= 15 is 0 Å². The second-order valence-corrected chi connectivity index (χ2v) is 12.7. The second-order valence-electron chi connectivity index (χ2n) is 8.22. The van der Waals surface area contributed by atoms with Crippen molar-refractivity contribution in [3.8, 4) is 0 Å². The number of rotatable bonds is 11. The first-order valence-corrected chi connectivity index (χ1v) is 11.1. The van der Waals surface area contributed by atoms with E-state index in [9.17, 15) is 5.11 Å². The Hall–Kier alpha value is 0.270. The summed E-state index contributed by atoms with van der Waals surface area (Å²) in [5, 5.41) is 12.7.